The fraction of sp³-hybridized carbons (Fsp3) is 0.706. The van der Waals surface area contributed by atoms with E-state index >= 15 is 0 Å². The van der Waals surface area contributed by atoms with Crippen LogP contribution in [0.25, 0.3) is 0 Å². The van der Waals surface area contributed by atoms with Crippen LogP contribution in [-0.4, -0.2) is 36.4 Å². The lowest BCUT2D eigenvalue weighted by Gasteiger charge is -2.32. The Kier molecular flexibility index (Phi) is 5.73. The number of ether oxygens (including phenoxy) is 1. The molecule has 1 atom stereocenters. The van der Waals surface area contributed by atoms with E-state index in [1.54, 1.807) is 10.5 Å². The Morgan fingerprint density at radius 1 is 1.25 bits per heavy atom. The maximum atomic E-state index is 12.5. The first-order valence-corrected chi connectivity index (χ1v) is 10.4. The number of piperidine rings is 1. The maximum absolute atomic E-state index is 12.5. The lowest BCUT2D eigenvalue weighted by Crippen LogP contribution is -2.47. The van der Waals surface area contributed by atoms with Gasteiger partial charge in [0.15, 0.2) is 0 Å². The van der Waals surface area contributed by atoms with Crippen LogP contribution < -0.4 is 9.46 Å². The third kappa shape index (κ3) is 4.46. The molecule has 0 spiro atoms. The molecule has 1 unspecified atom stereocenters. The van der Waals surface area contributed by atoms with Crippen molar-refractivity contribution in [3.8, 4) is 5.88 Å². The molecule has 2 heterocycles. The van der Waals surface area contributed by atoms with E-state index in [0.29, 0.717) is 12.4 Å². The van der Waals surface area contributed by atoms with Crippen LogP contribution in [0.2, 0.25) is 0 Å². The average Bonchev–Trinajstić information content (AvgIpc) is 3.07. The van der Waals surface area contributed by atoms with Crippen molar-refractivity contribution < 1.29 is 13.2 Å². The molecule has 0 amide bonds. The van der Waals surface area contributed by atoms with E-state index in [1.807, 2.05) is 19.1 Å². The second-order valence-electron chi connectivity index (χ2n) is 6.81. The first-order chi connectivity index (χ1) is 11.5. The Hall–Kier alpha value is -1.18. The van der Waals surface area contributed by atoms with Crippen molar-refractivity contribution in [2.24, 2.45) is 0 Å². The van der Waals surface area contributed by atoms with Crippen LogP contribution in [0.15, 0.2) is 18.3 Å². The van der Waals surface area contributed by atoms with Crippen molar-refractivity contribution in [3.63, 3.8) is 0 Å². The predicted molar refractivity (Wildman–Crippen MR) is 92.9 cm³/mol. The van der Waals surface area contributed by atoms with Crippen LogP contribution in [0, 0.1) is 0 Å². The number of rotatable bonds is 6. The summed E-state index contributed by atoms with van der Waals surface area (Å²) in [5.41, 5.74) is 0.867. The standard InChI is InChI=1S/C17H27N3O3S/c1-14-6-4-5-11-20(14)24(21,22)19-13-15-9-10-18-17(12-15)23-16-7-2-3-8-16/h9-10,12,14,16,19H,2-8,11,13H2,1H3. The van der Waals surface area contributed by atoms with Crippen LogP contribution in [0.5, 0.6) is 5.88 Å². The van der Waals surface area contributed by atoms with Gasteiger partial charge in [-0.1, -0.05) is 6.42 Å². The lowest BCUT2D eigenvalue weighted by molar-refractivity contribution is 0.201. The van der Waals surface area contributed by atoms with Crippen molar-refractivity contribution >= 4 is 10.2 Å². The summed E-state index contributed by atoms with van der Waals surface area (Å²) in [5, 5.41) is 0. The highest BCUT2D eigenvalue weighted by molar-refractivity contribution is 7.87. The van der Waals surface area contributed by atoms with Gasteiger partial charge >= 0.3 is 0 Å². The molecule has 1 aromatic rings. The number of nitrogens with one attached hydrogen (secondary N) is 1. The SMILES string of the molecule is CC1CCCCN1S(=O)(=O)NCc1ccnc(OC2CCCC2)c1. The van der Waals surface area contributed by atoms with E-state index in [2.05, 4.69) is 9.71 Å². The zero-order chi connectivity index (χ0) is 17.0. The second-order valence-corrected chi connectivity index (χ2v) is 8.52. The van der Waals surface area contributed by atoms with Gasteiger partial charge in [0.2, 0.25) is 5.88 Å². The second kappa shape index (κ2) is 7.80. The van der Waals surface area contributed by atoms with Gasteiger partial charge in [-0.2, -0.15) is 17.4 Å². The summed E-state index contributed by atoms with van der Waals surface area (Å²) in [7, 11) is -3.44. The van der Waals surface area contributed by atoms with Crippen molar-refractivity contribution in [3.05, 3.63) is 23.9 Å². The molecule has 1 aromatic heterocycles. The fourth-order valence-corrected chi connectivity index (χ4v) is 4.95. The van der Waals surface area contributed by atoms with Crippen molar-refractivity contribution in [1.82, 2.24) is 14.0 Å². The summed E-state index contributed by atoms with van der Waals surface area (Å²) >= 11 is 0. The molecule has 2 fully saturated rings. The minimum Gasteiger partial charge on any atom is -0.474 e. The topological polar surface area (TPSA) is 71.5 Å². The molecule has 0 bridgehead atoms. The van der Waals surface area contributed by atoms with Crippen molar-refractivity contribution in [2.45, 2.75) is 70.6 Å². The van der Waals surface area contributed by atoms with Gasteiger partial charge in [0.25, 0.3) is 10.2 Å². The highest BCUT2D eigenvalue weighted by Crippen LogP contribution is 2.23. The van der Waals surface area contributed by atoms with Gasteiger partial charge in [-0.25, -0.2) is 4.98 Å². The molecule has 2 aliphatic rings. The summed E-state index contributed by atoms with van der Waals surface area (Å²) < 4.78 is 35.2. The molecule has 1 aliphatic heterocycles. The van der Waals surface area contributed by atoms with E-state index in [1.165, 1.54) is 12.8 Å². The van der Waals surface area contributed by atoms with Crippen LogP contribution >= 0.6 is 0 Å². The number of pyridine rings is 1. The first kappa shape index (κ1) is 17.6. The summed E-state index contributed by atoms with van der Waals surface area (Å²) in [6.07, 6.45) is 9.44. The van der Waals surface area contributed by atoms with E-state index in [0.717, 1.165) is 37.7 Å². The Morgan fingerprint density at radius 3 is 2.75 bits per heavy atom. The molecule has 1 saturated carbocycles. The Balaban J connectivity index is 1.59. The van der Waals surface area contributed by atoms with Crippen LogP contribution in [-0.2, 0) is 16.8 Å². The highest BCUT2D eigenvalue weighted by atomic mass is 32.2. The van der Waals surface area contributed by atoms with Gasteiger partial charge in [-0.15, -0.1) is 0 Å². The molecule has 0 aromatic carbocycles. The van der Waals surface area contributed by atoms with Crippen LogP contribution in [0.3, 0.4) is 0 Å². The average molecular weight is 353 g/mol. The summed E-state index contributed by atoms with van der Waals surface area (Å²) in [6.45, 7) is 2.83. The number of aromatic nitrogens is 1. The number of nitrogens with zero attached hydrogens (tertiary/aromatic N) is 2. The molecule has 6 nitrogen and oxygen atoms in total. The van der Waals surface area contributed by atoms with E-state index in [9.17, 15) is 8.42 Å². The lowest BCUT2D eigenvalue weighted by atomic mass is 10.1. The molecule has 134 valence electrons. The largest absolute Gasteiger partial charge is 0.474 e. The smallest absolute Gasteiger partial charge is 0.279 e. The molecule has 3 rings (SSSR count). The molecular weight excluding hydrogens is 326 g/mol. The third-order valence-electron chi connectivity index (χ3n) is 4.90. The van der Waals surface area contributed by atoms with Gasteiger partial charge in [0.05, 0.1) is 0 Å². The van der Waals surface area contributed by atoms with E-state index in [-0.39, 0.29) is 18.7 Å². The zero-order valence-corrected chi connectivity index (χ0v) is 15.1. The molecule has 1 aliphatic carbocycles. The van der Waals surface area contributed by atoms with E-state index < -0.39 is 10.2 Å². The van der Waals surface area contributed by atoms with Crippen molar-refractivity contribution in [2.75, 3.05) is 6.54 Å². The summed E-state index contributed by atoms with van der Waals surface area (Å²) in [4.78, 5) is 4.24. The molecule has 1 saturated heterocycles. The first-order valence-electron chi connectivity index (χ1n) is 8.92. The maximum Gasteiger partial charge on any atom is 0.279 e. The molecule has 7 heteroatoms. The normalized spacial score (nSPS) is 23.5. The molecule has 1 N–H and O–H groups in total. The van der Waals surface area contributed by atoms with Gasteiger partial charge in [-0.05, 0) is 57.1 Å². The van der Waals surface area contributed by atoms with Crippen molar-refractivity contribution in [1.29, 1.82) is 0 Å². The minimum absolute atomic E-state index is 0.0648. The predicted octanol–water partition coefficient (Wildman–Crippen LogP) is 2.61. The van der Waals surface area contributed by atoms with Crippen LogP contribution in [0.4, 0.5) is 0 Å². The summed E-state index contributed by atoms with van der Waals surface area (Å²) in [6, 6.07) is 3.72. The fourth-order valence-electron chi connectivity index (χ4n) is 3.49. The van der Waals surface area contributed by atoms with Gasteiger partial charge in [0.1, 0.15) is 6.10 Å². The third-order valence-corrected chi connectivity index (χ3v) is 6.57. The highest BCUT2D eigenvalue weighted by Gasteiger charge is 2.29. The molecule has 0 radical (unpaired) electrons. The van der Waals surface area contributed by atoms with Crippen LogP contribution in [0.1, 0.15) is 57.4 Å². The zero-order valence-electron chi connectivity index (χ0n) is 14.3. The minimum atomic E-state index is -3.44. The molecular formula is C17H27N3O3S. The number of hydrogen-bond acceptors (Lipinski definition) is 4. The Bertz CT molecular complexity index is 644. The van der Waals surface area contributed by atoms with Gasteiger partial charge < -0.3 is 4.74 Å². The number of hydrogen-bond donors (Lipinski definition) is 1. The quantitative estimate of drug-likeness (QED) is 0.853. The van der Waals surface area contributed by atoms with Gasteiger partial charge in [0, 0.05) is 31.4 Å². The summed E-state index contributed by atoms with van der Waals surface area (Å²) in [5.74, 6) is 0.588. The Labute approximate surface area is 144 Å². The molecule has 24 heavy (non-hydrogen) atoms. The monoisotopic (exact) mass is 353 g/mol. The van der Waals surface area contributed by atoms with E-state index in [4.69, 9.17) is 4.74 Å². The van der Waals surface area contributed by atoms with Gasteiger partial charge in [-0.3, -0.25) is 0 Å². The Morgan fingerprint density at radius 2 is 2.00 bits per heavy atom.